The monoisotopic (exact) mass is 326 g/mol. The Balaban J connectivity index is 3.18. The zero-order valence-corrected chi connectivity index (χ0v) is 12.3. The molecule has 0 aliphatic carbocycles. The van der Waals surface area contributed by atoms with Crippen molar-refractivity contribution in [1.29, 1.82) is 0 Å². The summed E-state index contributed by atoms with van der Waals surface area (Å²) >= 11 is 0. The highest BCUT2D eigenvalue weighted by Gasteiger charge is 2.24. The first-order valence-electron chi connectivity index (χ1n) is 5.29. The Labute approximate surface area is 119 Å². The van der Waals surface area contributed by atoms with Crippen LogP contribution in [0.1, 0.15) is 10.4 Å². The van der Waals surface area contributed by atoms with Gasteiger partial charge in [0.2, 0.25) is 0 Å². The van der Waals surface area contributed by atoms with Crippen molar-refractivity contribution in [3.05, 3.63) is 23.5 Å². The number of carbonyl (C=O) groups is 1. The zero-order valence-electron chi connectivity index (χ0n) is 10.7. The molecule has 9 heteroatoms. The van der Waals surface area contributed by atoms with E-state index in [0.29, 0.717) is 0 Å². The zero-order chi connectivity index (χ0) is 15.3. The minimum Gasteiger partial charge on any atom is -0.492 e. The van der Waals surface area contributed by atoms with Gasteiger partial charge in [0.1, 0.15) is 11.5 Å². The standard InChI is InChI=1S/C11H12ClFO6S/c1-17-3-4-19-11(14)7-5-8(13)10(18-2)9(6-7)20(12,15)16/h5-6H,3-4H2,1-2H3. The molecule has 0 aromatic heterocycles. The van der Waals surface area contributed by atoms with Gasteiger partial charge in [-0.15, -0.1) is 0 Å². The molecule has 0 N–H and O–H groups in total. The van der Waals surface area contributed by atoms with E-state index in [9.17, 15) is 17.6 Å². The van der Waals surface area contributed by atoms with E-state index in [2.05, 4.69) is 9.47 Å². The minimum atomic E-state index is -4.27. The first-order chi connectivity index (χ1) is 9.31. The van der Waals surface area contributed by atoms with Gasteiger partial charge in [0.15, 0.2) is 11.6 Å². The van der Waals surface area contributed by atoms with Gasteiger partial charge in [-0.2, -0.15) is 0 Å². The molecule has 0 unspecified atom stereocenters. The highest BCUT2D eigenvalue weighted by molar-refractivity contribution is 8.13. The predicted octanol–water partition coefficient (Wildman–Crippen LogP) is 1.57. The molecule has 0 saturated carbocycles. The van der Waals surface area contributed by atoms with Crippen molar-refractivity contribution < 1.29 is 31.8 Å². The average Bonchev–Trinajstić information content (AvgIpc) is 2.36. The number of hydrogen-bond acceptors (Lipinski definition) is 6. The maximum Gasteiger partial charge on any atom is 0.338 e. The first kappa shape index (κ1) is 16.7. The van der Waals surface area contributed by atoms with Gasteiger partial charge in [0.05, 0.1) is 19.3 Å². The van der Waals surface area contributed by atoms with Crippen LogP contribution in [0.5, 0.6) is 5.75 Å². The molecule has 1 aromatic carbocycles. The van der Waals surface area contributed by atoms with Crippen molar-refractivity contribution >= 4 is 25.7 Å². The summed E-state index contributed by atoms with van der Waals surface area (Å²) in [6, 6.07) is 1.69. The summed E-state index contributed by atoms with van der Waals surface area (Å²) in [7, 11) is 3.40. The Morgan fingerprint density at radius 1 is 1.30 bits per heavy atom. The predicted molar refractivity (Wildman–Crippen MR) is 68.1 cm³/mol. The molecular formula is C11H12ClFO6S. The third kappa shape index (κ3) is 4.06. The number of ether oxygens (including phenoxy) is 3. The van der Waals surface area contributed by atoms with Gasteiger partial charge in [0, 0.05) is 17.8 Å². The molecule has 0 spiro atoms. The Morgan fingerprint density at radius 2 is 1.95 bits per heavy atom. The maximum atomic E-state index is 13.7. The van der Waals surface area contributed by atoms with Gasteiger partial charge < -0.3 is 14.2 Å². The Morgan fingerprint density at radius 3 is 2.45 bits per heavy atom. The molecule has 1 rings (SSSR count). The van der Waals surface area contributed by atoms with Gasteiger partial charge in [-0.3, -0.25) is 0 Å². The summed E-state index contributed by atoms with van der Waals surface area (Å²) in [6.07, 6.45) is 0. The normalized spacial score (nSPS) is 11.2. The van der Waals surface area contributed by atoms with E-state index in [1.54, 1.807) is 0 Å². The van der Waals surface area contributed by atoms with Crippen LogP contribution in [0, 0.1) is 5.82 Å². The molecule has 0 bridgehead atoms. The second kappa shape index (κ2) is 6.87. The van der Waals surface area contributed by atoms with Crippen molar-refractivity contribution in [3.63, 3.8) is 0 Å². The molecule has 0 amide bonds. The Bertz CT molecular complexity index is 601. The van der Waals surface area contributed by atoms with Crippen molar-refractivity contribution in [2.45, 2.75) is 4.90 Å². The number of methoxy groups -OCH3 is 2. The lowest BCUT2D eigenvalue weighted by atomic mass is 10.2. The van der Waals surface area contributed by atoms with Crippen LogP contribution in [0.25, 0.3) is 0 Å². The van der Waals surface area contributed by atoms with Gasteiger partial charge in [-0.25, -0.2) is 17.6 Å². The average molecular weight is 327 g/mol. The third-order valence-corrected chi connectivity index (χ3v) is 3.56. The molecule has 0 fully saturated rings. The number of esters is 1. The molecule has 0 radical (unpaired) electrons. The number of rotatable bonds is 6. The van der Waals surface area contributed by atoms with Crippen LogP contribution < -0.4 is 4.74 Å². The largest absolute Gasteiger partial charge is 0.492 e. The molecule has 20 heavy (non-hydrogen) atoms. The van der Waals surface area contributed by atoms with Crippen LogP contribution in [0.4, 0.5) is 4.39 Å². The quantitative estimate of drug-likeness (QED) is 0.448. The molecule has 6 nitrogen and oxygen atoms in total. The van der Waals surface area contributed by atoms with E-state index >= 15 is 0 Å². The van der Waals surface area contributed by atoms with E-state index in [0.717, 1.165) is 19.2 Å². The van der Waals surface area contributed by atoms with Crippen LogP contribution in [-0.2, 0) is 18.5 Å². The van der Waals surface area contributed by atoms with Crippen LogP contribution in [-0.4, -0.2) is 41.8 Å². The highest BCUT2D eigenvalue weighted by atomic mass is 35.7. The van der Waals surface area contributed by atoms with E-state index in [1.165, 1.54) is 7.11 Å². The second-order valence-electron chi connectivity index (χ2n) is 3.56. The van der Waals surface area contributed by atoms with Crippen LogP contribution in [0.15, 0.2) is 17.0 Å². The van der Waals surface area contributed by atoms with Crippen LogP contribution in [0.2, 0.25) is 0 Å². The van der Waals surface area contributed by atoms with E-state index < -0.39 is 31.5 Å². The SMILES string of the molecule is COCCOC(=O)c1cc(F)c(OC)c(S(=O)(=O)Cl)c1. The van der Waals surface area contributed by atoms with E-state index in [-0.39, 0.29) is 18.8 Å². The molecule has 0 aliphatic heterocycles. The van der Waals surface area contributed by atoms with Crippen LogP contribution in [0.3, 0.4) is 0 Å². The summed E-state index contributed by atoms with van der Waals surface area (Å²) in [5.74, 6) is -2.49. The number of hydrogen-bond donors (Lipinski definition) is 0. The lowest BCUT2D eigenvalue weighted by Gasteiger charge is -2.10. The van der Waals surface area contributed by atoms with E-state index in [1.807, 2.05) is 0 Å². The molecule has 0 aliphatic rings. The van der Waals surface area contributed by atoms with Crippen molar-refractivity contribution in [3.8, 4) is 5.75 Å². The fraction of sp³-hybridized carbons (Fsp3) is 0.364. The molecule has 112 valence electrons. The van der Waals surface area contributed by atoms with Gasteiger partial charge in [-0.1, -0.05) is 0 Å². The fourth-order valence-electron chi connectivity index (χ4n) is 1.37. The number of benzene rings is 1. The Hall–Kier alpha value is -1.38. The topological polar surface area (TPSA) is 78.9 Å². The molecular weight excluding hydrogens is 315 g/mol. The minimum absolute atomic E-state index is 0.0497. The maximum absolute atomic E-state index is 13.7. The summed E-state index contributed by atoms with van der Waals surface area (Å²) in [6.45, 7) is 0.108. The van der Waals surface area contributed by atoms with E-state index in [4.69, 9.17) is 15.4 Å². The summed E-state index contributed by atoms with van der Waals surface area (Å²) in [4.78, 5) is 11.0. The highest BCUT2D eigenvalue weighted by Crippen LogP contribution is 2.31. The lowest BCUT2D eigenvalue weighted by molar-refractivity contribution is 0.0387. The van der Waals surface area contributed by atoms with Crippen LogP contribution >= 0.6 is 10.7 Å². The summed E-state index contributed by atoms with van der Waals surface area (Å²) < 4.78 is 50.5. The van der Waals surface area contributed by atoms with Gasteiger partial charge in [-0.05, 0) is 12.1 Å². The molecule has 0 saturated heterocycles. The van der Waals surface area contributed by atoms with Gasteiger partial charge in [0.25, 0.3) is 9.05 Å². The third-order valence-electron chi connectivity index (χ3n) is 2.23. The fourth-order valence-corrected chi connectivity index (χ4v) is 2.38. The number of halogens is 2. The molecule has 0 heterocycles. The Kier molecular flexibility index (Phi) is 5.73. The number of carbonyl (C=O) groups excluding carboxylic acids is 1. The first-order valence-corrected chi connectivity index (χ1v) is 7.60. The second-order valence-corrected chi connectivity index (χ2v) is 6.09. The summed E-state index contributed by atoms with van der Waals surface area (Å²) in [5, 5.41) is 0. The summed E-state index contributed by atoms with van der Waals surface area (Å²) in [5.41, 5.74) is -0.293. The van der Waals surface area contributed by atoms with Crippen molar-refractivity contribution in [2.24, 2.45) is 0 Å². The molecule has 0 atom stereocenters. The smallest absolute Gasteiger partial charge is 0.338 e. The van der Waals surface area contributed by atoms with Crippen molar-refractivity contribution in [2.75, 3.05) is 27.4 Å². The molecule has 1 aromatic rings. The van der Waals surface area contributed by atoms with Crippen molar-refractivity contribution in [1.82, 2.24) is 0 Å². The van der Waals surface area contributed by atoms with Gasteiger partial charge >= 0.3 is 5.97 Å². The lowest BCUT2D eigenvalue weighted by Crippen LogP contribution is -2.11.